The van der Waals surface area contributed by atoms with Gasteiger partial charge in [-0.25, -0.2) is 0 Å². The monoisotopic (exact) mass is 168 g/mol. The number of hydrogen-bond acceptors (Lipinski definition) is 0. The van der Waals surface area contributed by atoms with E-state index in [2.05, 4.69) is 46.8 Å². The lowest BCUT2D eigenvalue weighted by molar-refractivity contribution is 0.383. The van der Waals surface area contributed by atoms with E-state index in [1.54, 1.807) is 0 Å². The molecule has 0 amide bonds. The van der Waals surface area contributed by atoms with Gasteiger partial charge < -0.3 is 0 Å². The zero-order valence-corrected chi connectivity index (χ0v) is 9.30. The van der Waals surface area contributed by atoms with Crippen LogP contribution in [0.3, 0.4) is 0 Å². The van der Waals surface area contributed by atoms with Crippen LogP contribution in [0.15, 0.2) is 12.2 Å². The second-order valence-electron chi connectivity index (χ2n) is 4.47. The lowest BCUT2D eigenvalue weighted by atomic mass is 9.90. The van der Waals surface area contributed by atoms with Crippen LogP contribution in [0.2, 0.25) is 0 Å². The minimum absolute atomic E-state index is 0.753. The van der Waals surface area contributed by atoms with E-state index in [4.69, 9.17) is 0 Å². The first-order valence-electron chi connectivity index (χ1n) is 5.19. The summed E-state index contributed by atoms with van der Waals surface area (Å²) in [5, 5.41) is 0. The van der Waals surface area contributed by atoms with Gasteiger partial charge in [-0.1, -0.05) is 39.8 Å². The normalized spacial score (nSPS) is 17.2. The molecule has 0 nitrogen and oxygen atoms in total. The topological polar surface area (TPSA) is 0 Å². The molecule has 0 saturated heterocycles. The Bertz CT molecular complexity index is 122. The van der Waals surface area contributed by atoms with Crippen LogP contribution in [0.5, 0.6) is 0 Å². The molecule has 0 bridgehead atoms. The van der Waals surface area contributed by atoms with Gasteiger partial charge in [0.2, 0.25) is 0 Å². The van der Waals surface area contributed by atoms with Gasteiger partial charge in [0.05, 0.1) is 0 Å². The van der Waals surface area contributed by atoms with Crippen molar-refractivity contribution in [2.24, 2.45) is 17.8 Å². The number of allylic oxidation sites excluding steroid dienone is 2. The fourth-order valence-electron chi connectivity index (χ4n) is 1.94. The van der Waals surface area contributed by atoms with E-state index in [1.165, 1.54) is 12.8 Å². The standard InChI is InChI=1S/C12H24/c1-6-7-11(4)9-12(5)8-10(2)3/h6-7,10-12H,8-9H2,1-5H3. The molecule has 2 unspecified atom stereocenters. The van der Waals surface area contributed by atoms with E-state index in [0.717, 1.165) is 17.8 Å². The number of hydrogen-bond donors (Lipinski definition) is 0. The minimum Gasteiger partial charge on any atom is -0.0914 e. The van der Waals surface area contributed by atoms with Crippen molar-refractivity contribution in [2.75, 3.05) is 0 Å². The zero-order valence-electron chi connectivity index (χ0n) is 9.30. The summed E-state index contributed by atoms with van der Waals surface area (Å²) in [6, 6.07) is 0. The largest absolute Gasteiger partial charge is 0.0914 e. The highest BCUT2D eigenvalue weighted by atomic mass is 14.1. The van der Waals surface area contributed by atoms with Gasteiger partial charge in [-0.2, -0.15) is 0 Å². The van der Waals surface area contributed by atoms with Crippen molar-refractivity contribution < 1.29 is 0 Å². The summed E-state index contributed by atoms with van der Waals surface area (Å²) < 4.78 is 0. The quantitative estimate of drug-likeness (QED) is 0.538. The molecule has 0 aliphatic carbocycles. The molecule has 0 saturated carbocycles. The second-order valence-corrected chi connectivity index (χ2v) is 4.47. The second kappa shape index (κ2) is 6.28. The fraction of sp³-hybridized carbons (Fsp3) is 0.833. The molecule has 0 heterocycles. The predicted octanol–water partition coefficient (Wildman–Crippen LogP) is 4.27. The van der Waals surface area contributed by atoms with Crippen LogP contribution >= 0.6 is 0 Å². The molecular formula is C12H24. The highest BCUT2D eigenvalue weighted by Crippen LogP contribution is 2.19. The molecule has 0 N–H and O–H groups in total. The molecule has 2 atom stereocenters. The van der Waals surface area contributed by atoms with Gasteiger partial charge in [0.25, 0.3) is 0 Å². The molecule has 0 heteroatoms. The average molecular weight is 168 g/mol. The van der Waals surface area contributed by atoms with Crippen LogP contribution < -0.4 is 0 Å². The number of rotatable bonds is 5. The van der Waals surface area contributed by atoms with E-state index in [0.29, 0.717) is 0 Å². The lowest BCUT2D eigenvalue weighted by Crippen LogP contribution is -2.04. The maximum atomic E-state index is 2.36. The molecule has 0 radical (unpaired) electrons. The molecule has 0 aromatic carbocycles. The third kappa shape index (κ3) is 6.45. The first-order chi connectivity index (χ1) is 5.56. The van der Waals surface area contributed by atoms with Crippen LogP contribution in [0.25, 0.3) is 0 Å². The Balaban J connectivity index is 3.60. The third-order valence-electron chi connectivity index (χ3n) is 2.17. The fourth-order valence-corrected chi connectivity index (χ4v) is 1.94. The third-order valence-corrected chi connectivity index (χ3v) is 2.17. The molecule has 0 aliphatic heterocycles. The minimum atomic E-state index is 0.753. The summed E-state index contributed by atoms with van der Waals surface area (Å²) in [4.78, 5) is 0. The van der Waals surface area contributed by atoms with Crippen molar-refractivity contribution >= 4 is 0 Å². The van der Waals surface area contributed by atoms with Crippen molar-refractivity contribution in [3.8, 4) is 0 Å². The van der Waals surface area contributed by atoms with E-state index in [1.807, 2.05) is 0 Å². The van der Waals surface area contributed by atoms with Gasteiger partial charge in [-0.05, 0) is 37.5 Å². The zero-order chi connectivity index (χ0) is 9.56. The average Bonchev–Trinajstić information content (AvgIpc) is 1.84. The smallest absolute Gasteiger partial charge is 0.0260 e. The Hall–Kier alpha value is -0.260. The SMILES string of the molecule is CC=CC(C)CC(C)CC(C)C. The maximum Gasteiger partial charge on any atom is -0.0260 e. The summed E-state index contributed by atoms with van der Waals surface area (Å²) in [5.74, 6) is 2.47. The van der Waals surface area contributed by atoms with Gasteiger partial charge in [-0.3, -0.25) is 0 Å². The van der Waals surface area contributed by atoms with Crippen LogP contribution in [0, 0.1) is 17.8 Å². The van der Waals surface area contributed by atoms with Crippen molar-refractivity contribution in [3.63, 3.8) is 0 Å². The van der Waals surface area contributed by atoms with Crippen molar-refractivity contribution in [3.05, 3.63) is 12.2 Å². The Morgan fingerprint density at radius 1 is 1.00 bits per heavy atom. The Labute approximate surface area is 78.1 Å². The molecule has 72 valence electrons. The van der Waals surface area contributed by atoms with Crippen LogP contribution in [-0.4, -0.2) is 0 Å². The summed E-state index contributed by atoms with van der Waals surface area (Å²) in [7, 11) is 0. The summed E-state index contributed by atoms with van der Waals surface area (Å²) in [5.41, 5.74) is 0. The Morgan fingerprint density at radius 2 is 1.58 bits per heavy atom. The van der Waals surface area contributed by atoms with E-state index < -0.39 is 0 Å². The van der Waals surface area contributed by atoms with E-state index in [-0.39, 0.29) is 0 Å². The molecule has 0 aromatic heterocycles. The van der Waals surface area contributed by atoms with Crippen molar-refractivity contribution in [1.29, 1.82) is 0 Å². The molecule has 0 fully saturated rings. The highest BCUT2D eigenvalue weighted by molar-refractivity contribution is 4.83. The van der Waals surface area contributed by atoms with Gasteiger partial charge in [0.15, 0.2) is 0 Å². The van der Waals surface area contributed by atoms with Crippen LogP contribution in [0.1, 0.15) is 47.5 Å². The maximum absolute atomic E-state index is 2.36. The molecular weight excluding hydrogens is 144 g/mol. The van der Waals surface area contributed by atoms with Gasteiger partial charge in [0, 0.05) is 0 Å². The van der Waals surface area contributed by atoms with Gasteiger partial charge in [-0.15, -0.1) is 0 Å². The Morgan fingerprint density at radius 3 is 2.00 bits per heavy atom. The molecule has 12 heavy (non-hydrogen) atoms. The van der Waals surface area contributed by atoms with Crippen LogP contribution in [-0.2, 0) is 0 Å². The highest BCUT2D eigenvalue weighted by Gasteiger charge is 2.07. The Kier molecular flexibility index (Phi) is 6.14. The first kappa shape index (κ1) is 11.7. The van der Waals surface area contributed by atoms with Gasteiger partial charge >= 0.3 is 0 Å². The summed E-state index contributed by atoms with van der Waals surface area (Å²) in [6.45, 7) is 11.4. The summed E-state index contributed by atoms with van der Waals surface area (Å²) >= 11 is 0. The first-order valence-corrected chi connectivity index (χ1v) is 5.19. The molecule has 0 spiro atoms. The predicted molar refractivity (Wildman–Crippen MR) is 57.2 cm³/mol. The molecule has 0 aliphatic rings. The lowest BCUT2D eigenvalue weighted by Gasteiger charge is -2.16. The van der Waals surface area contributed by atoms with Gasteiger partial charge in [0.1, 0.15) is 0 Å². The van der Waals surface area contributed by atoms with E-state index in [9.17, 15) is 0 Å². The summed E-state index contributed by atoms with van der Waals surface area (Å²) in [6.07, 6.45) is 7.16. The van der Waals surface area contributed by atoms with Crippen molar-refractivity contribution in [2.45, 2.75) is 47.5 Å². The molecule has 0 rings (SSSR count). The van der Waals surface area contributed by atoms with Crippen molar-refractivity contribution in [1.82, 2.24) is 0 Å². The van der Waals surface area contributed by atoms with E-state index >= 15 is 0 Å². The molecule has 0 aromatic rings. The van der Waals surface area contributed by atoms with Crippen LogP contribution in [0.4, 0.5) is 0 Å².